The van der Waals surface area contributed by atoms with Gasteiger partial charge in [0.05, 0.1) is 12.1 Å². The van der Waals surface area contributed by atoms with Crippen LogP contribution in [0.5, 0.6) is 0 Å². The molecule has 0 fully saturated rings. The van der Waals surface area contributed by atoms with E-state index in [9.17, 15) is 4.79 Å². The normalized spacial score (nSPS) is 11.7. The zero-order valence-electron chi connectivity index (χ0n) is 12.3. The largest absolute Gasteiger partial charge is 0.444 e. The molecule has 0 aliphatic heterocycles. The monoisotopic (exact) mass is 252 g/mol. The number of aryl methyl sites for hydroxylation is 1. The van der Waals surface area contributed by atoms with Crippen LogP contribution in [0.1, 0.15) is 52.0 Å². The molecule has 102 valence electrons. The van der Waals surface area contributed by atoms with Crippen molar-refractivity contribution < 1.29 is 9.21 Å². The maximum atomic E-state index is 12.0. The van der Waals surface area contributed by atoms with Gasteiger partial charge in [-0.2, -0.15) is 0 Å². The average molecular weight is 252 g/mol. The van der Waals surface area contributed by atoms with Gasteiger partial charge in [0.1, 0.15) is 5.76 Å². The van der Waals surface area contributed by atoms with E-state index in [1.54, 1.807) is 4.90 Å². The first-order valence-corrected chi connectivity index (χ1v) is 6.54. The highest BCUT2D eigenvalue weighted by Crippen LogP contribution is 2.24. The van der Waals surface area contributed by atoms with E-state index < -0.39 is 0 Å². The first-order chi connectivity index (χ1) is 8.29. The lowest BCUT2D eigenvalue weighted by Crippen LogP contribution is -2.31. The second-order valence-corrected chi connectivity index (χ2v) is 5.52. The summed E-state index contributed by atoms with van der Waals surface area (Å²) in [5.74, 6) is 1.49. The molecule has 18 heavy (non-hydrogen) atoms. The van der Waals surface area contributed by atoms with Crippen LogP contribution in [0.2, 0.25) is 0 Å². The number of hydrogen-bond donors (Lipinski definition) is 0. The highest BCUT2D eigenvalue weighted by Gasteiger charge is 2.23. The molecular weight excluding hydrogens is 228 g/mol. The van der Waals surface area contributed by atoms with Crippen molar-refractivity contribution >= 4 is 5.91 Å². The summed E-state index contributed by atoms with van der Waals surface area (Å²) in [5, 5.41) is 0. The highest BCUT2D eigenvalue weighted by atomic mass is 16.4. The lowest BCUT2D eigenvalue weighted by molar-refractivity contribution is -0.130. The number of likely N-dealkylation sites (N-methyl/N-ethyl adjacent to an activating group) is 1. The summed E-state index contributed by atoms with van der Waals surface area (Å²) < 4.78 is 5.73. The van der Waals surface area contributed by atoms with Crippen molar-refractivity contribution in [2.45, 2.75) is 53.4 Å². The number of rotatable bonds is 4. The van der Waals surface area contributed by atoms with Crippen LogP contribution >= 0.6 is 0 Å². The molecular formula is C14H24N2O2. The van der Waals surface area contributed by atoms with Gasteiger partial charge in [-0.25, -0.2) is 4.98 Å². The molecule has 1 aromatic heterocycles. The van der Waals surface area contributed by atoms with Crippen LogP contribution in [-0.4, -0.2) is 28.9 Å². The Kier molecular flexibility index (Phi) is 4.54. The molecule has 0 bridgehead atoms. The summed E-state index contributed by atoms with van der Waals surface area (Å²) in [5.41, 5.74) is 0.696. The molecule has 0 atom stereocenters. The molecule has 0 saturated heterocycles. The molecule has 1 heterocycles. The number of carbonyl (C=O) groups is 1. The molecule has 0 unspecified atom stereocenters. The molecule has 0 aromatic carbocycles. The van der Waals surface area contributed by atoms with E-state index in [2.05, 4.69) is 4.98 Å². The van der Waals surface area contributed by atoms with Gasteiger partial charge in [-0.3, -0.25) is 4.79 Å². The van der Waals surface area contributed by atoms with E-state index in [1.165, 1.54) is 0 Å². The molecule has 0 aliphatic carbocycles. The number of nitrogens with zero attached hydrogens (tertiary/aromatic N) is 2. The Bertz CT molecular complexity index is 412. The van der Waals surface area contributed by atoms with Gasteiger partial charge in [0.25, 0.3) is 0 Å². The smallest absolute Gasteiger partial charge is 0.230 e. The van der Waals surface area contributed by atoms with Gasteiger partial charge in [0.2, 0.25) is 5.91 Å². The van der Waals surface area contributed by atoms with Crippen molar-refractivity contribution in [2.24, 2.45) is 0 Å². The fraction of sp³-hybridized carbons (Fsp3) is 0.714. The minimum absolute atomic E-state index is 0.0970. The SMILES string of the molecule is CCN(CC)C(=O)Cc1oc(C(C)(C)C)nc1C. The Balaban J connectivity index is 2.86. The van der Waals surface area contributed by atoms with Crippen LogP contribution in [0.25, 0.3) is 0 Å². The second kappa shape index (κ2) is 5.55. The second-order valence-electron chi connectivity index (χ2n) is 5.52. The van der Waals surface area contributed by atoms with E-state index in [0.717, 1.165) is 18.8 Å². The summed E-state index contributed by atoms with van der Waals surface area (Å²) in [4.78, 5) is 18.2. The predicted molar refractivity (Wildman–Crippen MR) is 71.6 cm³/mol. The first kappa shape index (κ1) is 14.7. The van der Waals surface area contributed by atoms with Gasteiger partial charge in [0, 0.05) is 18.5 Å². The molecule has 0 N–H and O–H groups in total. The summed E-state index contributed by atoms with van der Waals surface area (Å²) >= 11 is 0. The Morgan fingerprint density at radius 3 is 2.22 bits per heavy atom. The van der Waals surface area contributed by atoms with Crippen molar-refractivity contribution in [1.29, 1.82) is 0 Å². The third-order valence-corrected chi connectivity index (χ3v) is 2.96. The van der Waals surface area contributed by atoms with Crippen LogP contribution in [0, 0.1) is 6.92 Å². The Morgan fingerprint density at radius 2 is 1.83 bits per heavy atom. The van der Waals surface area contributed by atoms with Crippen LogP contribution in [-0.2, 0) is 16.6 Å². The van der Waals surface area contributed by atoms with Gasteiger partial charge in [-0.05, 0) is 20.8 Å². The minimum atomic E-state index is -0.124. The third kappa shape index (κ3) is 3.34. The zero-order chi connectivity index (χ0) is 13.9. The molecule has 0 aliphatic rings. The molecule has 0 spiro atoms. The molecule has 4 heteroatoms. The van der Waals surface area contributed by atoms with Crippen molar-refractivity contribution in [3.8, 4) is 0 Å². The minimum Gasteiger partial charge on any atom is -0.444 e. The molecule has 0 radical (unpaired) electrons. The first-order valence-electron chi connectivity index (χ1n) is 6.54. The predicted octanol–water partition coefficient (Wildman–Crippen LogP) is 2.69. The van der Waals surface area contributed by atoms with E-state index in [0.29, 0.717) is 18.1 Å². The van der Waals surface area contributed by atoms with E-state index in [1.807, 2.05) is 41.5 Å². The number of hydrogen-bond acceptors (Lipinski definition) is 3. The van der Waals surface area contributed by atoms with Gasteiger partial charge >= 0.3 is 0 Å². The van der Waals surface area contributed by atoms with E-state index in [-0.39, 0.29) is 11.3 Å². The summed E-state index contributed by atoms with van der Waals surface area (Å²) in [6.45, 7) is 13.5. The van der Waals surface area contributed by atoms with Gasteiger partial charge < -0.3 is 9.32 Å². The molecule has 4 nitrogen and oxygen atoms in total. The zero-order valence-corrected chi connectivity index (χ0v) is 12.3. The Labute approximate surface area is 109 Å². The molecule has 1 amide bonds. The molecule has 0 saturated carbocycles. The fourth-order valence-electron chi connectivity index (χ4n) is 1.74. The highest BCUT2D eigenvalue weighted by molar-refractivity contribution is 5.78. The maximum Gasteiger partial charge on any atom is 0.230 e. The van der Waals surface area contributed by atoms with Gasteiger partial charge in [0.15, 0.2) is 5.89 Å². The summed E-state index contributed by atoms with van der Waals surface area (Å²) in [7, 11) is 0. The molecule has 1 aromatic rings. The maximum absolute atomic E-state index is 12.0. The topological polar surface area (TPSA) is 46.3 Å². The van der Waals surface area contributed by atoms with Crippen molar-refractivity contribution in [2.75, 3.05) is 13.1 Å². The van der Waals surface area contributed by atoms with Crippen LogP contribution in [0.15, 0.2) is 4.42 Å². The molecule has 1 rings (SSSR count). The lowest BCUT2D eigenvalue weighted by atomic mass is 9.97. The number of oxazole rings is 1. The third-order valence-electron chi connectivity index (χ3n) is 2.96. The van der Waals surface area contributed by atoms with Crippen molar-refractivity contribution in [1.82, 2.24) is 9.88 Å². The average Bonchev–Trinajstić information content (AvgIpc) is 2.62. The Morgan fingerprint density at radius 1 is 1.28 bits per heavy atom. The van der Waals surface area contributed by atoms with Gasteiger partial charge in [-0.1, -0.05) is 20.8 Å². The number of aromatic nitrogens is 1. The number of carbonyl (C=O) groups excluding carboxylic acids is 1. The number of amides is 1. The van der Waals surface area contributed by atoms with Crippen LogP contribution in [0.3, 0.4) is 0 Å². The van der Waals surface area contributed by atoms with E-state index >= 15 is 0 Å². The lowest BCUT2D eigenvalue weighted by Gasteiger charge is -2.17. The fourth-order valence-corrected chi connectivity index (χ4v) is 1.74. The van der Waals surface area contributed by atoms with Crippen LogP contribution < -0.4 is 0 Å². The van der Waals surface area contributed by atoms with Gasteiger partial charge in [-0.15, -0.1) is 0 Å². The van der Waals surface area contributed by atoms with Crippen LogP contribution in [0.4, 0.5) is 0 Å². The standard InChI is InChI=1S/C14H24N2O2/c1-7-16(8-2)12(17)9-11-10(3)15-13(18-11)14(4,5)6/h7-9H2,1-6H3. The summed E-state index contributed by atoms with van der Waals surface area (Å²) in [6, 6.07) is 0. The Hall–Kier alpha value is -1.32. The van der Waals surface area contributed by atoms with Crippen molar-refractivity contribution in [3.63, 3.8) is 0 Å². The summed E-state index contributed by atoms with van der Waals surface area (Å²) in [6.07, 6.45) is 0.302. The van der Waals surface area contributed by atoms with E-state index in [4.69, 9.17) is 4.42 Å². The quantitative estimate of drug-likeness (QED) is 0.827. The van der Waals surface area contributed by atoms with Crippen molar-refractivity contribution in [3.05, 3.63) is 17.3 Å².